The van der Waals surface area contributed by atoms with Crippen LogP contribution in [0, 0.1) is 13.8 Å². The first kappa shape index (κ1) is 27.8. The summed E-state index contributed by atoms with van der Waals surface area (Å²) < 4.78 is 43.5. The number of carbonyl (C=O) groups excluding carboxylic acids is 2. The van der Waals surface area contributed by atoms with Gasteiger partial charge in [-0.15, -0.1) is 0 Å². The average Bonchev–Trinajstić information content (AvgIpc) is 2.88. The van der Waals surface area contributed by atoms with Gasteiger partial charge in [0.2, 0.25) is 5.91 Å². The van der Waals surface area contributed by atoms with E-state index in [-0.39, 0.29) is 33.3 Å². The Morgan fingerprint density at radius 2 is 1.54 bits per heavy atom. The van der Waals surface area contributed by atoms with Crippen molar-refractivity contribution in [3.8, 4) is 11.5 Å². The maximum absolute atomic E-state index is 13.6. The van der Waals surface area contributed by atoms with Crippen LogP contribution in [0.2, 0.25) is 5.02 Å². The van der Waals surface area contributed by atoms with Crippen molar-refractivity contribution in [2.45, 2.75) is 18.7 Å². The van der Waals surface area contributed by atoms with Gasteiger partial charge in [0, 0.05) is 17.2 Å². The first-order valence-electron chi connectivity index (χ1n) is 11.0. The lowest BCUT2D eigenvalue weighted by molar-refractivity contribution is -0.114. The summed E-state index contributed by atoms with van der Waals surface area (Å²) in [5.74, 6) is -0.950. The van der Waals surface area contributed by atoms with Gasteiger partial charge in [0.05, 0.1) is 43.2 Å². The van der Waals surface area contributed by atoms with E-state index in [4.69, 9.17) is 25.8 Å². The molecule has 0 heterocycles. The molecule has 9 nitrogen and oxygen atoms in total. The predicted molar refractivity (Wildman–Crippen MR) is 141 cm³/mol. The molecule has 0 bridgehead atoms. The minimum absolute atomic E-state index is 0.000165. The van der Waals surface area contributed by atoms with Crippen LogP contribution in [0.1, 0.15) is 21.5 Å². The van der Waals surface area contributed by atoms with Crippen molar-refractivity contribution < 1.29 is 32.2 Å². The standard InChI is InChI=1S/C26H27ClN2O7S/c1-16-6-10-19(11-7-16)37(32,33)29(18-9-8-17(2)21(27)12-18)15-25(30)28-22-14-24(35-4)23(34-3)13-20(22)26(31)36-5/h6-14H,15H2,1-5H3,(H,28,30). The third-order valence-corrected chi connectivity index (χ3v) is 7.74. The monoisotopic (exact) mass is 546 g/mol. The number of carbonyl (C=O) groups is 2. The molecule has 11 heteroatoms. The first-order valence-corrected chi connectivity index (χ1v) is 12.8. The molecule has 0 saturated heterocycles. The summed E-state index contributed by atoms with van der Waals surface area (Å²) >= 11 is 6.28. The Morgan fingerprint density at radius 3 is 2.11 bits per heavy atom. The number of methoxy groups -OCH3 is 3. The molecule has 196 valence electrons. The molecule has 0 aromatic heterocycles. The molecule has 0 unspecified atom stereocenters. The average molecular weight is 547 g/mol. The van der Waals surface area contributed by atoms with E-state index in [1.165, 1.54) is 51.7 Å². The normalized spacial score (nSPS) is 11.0. The van der Waals surface area contributed by atoms with Crippen LogP contribution in [0.5, 0.6) is 11.5 Å². The van der Waals surface area contributed by atoms with E-state index < -0.39 is 28.4 Å². The van der Waals surface area contributed by atoms with E-state index in [1.54, 1.807) is 31.2 Å². The Morgan fingerprint density at radius 1 is 0.919 bits per heavy atom. The molecule has 0 aliphatic rings. The number of hydrogen-bond donors (Lipinski definition) is 1. The number of sulfonamides is 1. The number of halogens is 1. The van der Waals surface area contributed by atoms with Gasteiger partial charge < -0.3 is 19.5 Å². The number of nitrogens with one attached hydrogen (secondary N) is 1. The van der Waals surface area contributed by atoms with E-state index >= 15 is 0 Å². The maximum Gasteiger partial charge on any atom is 0.340 e. The highest BCUT2D eigenvalue weighted by Gasteiger charge is 2.28. The number of amides is 1. The van der Waals surface area contributed by atoms with Gasteiger partial charge in [0.15, 0.2) is 11.5 Å². The topological polar surface area (TPSA) is 111 Å². The lowest BCUT2D eigenvalue weighted by Crippen LogP contribution is -2.38. The molecule has 37 heavy (non-hydrogen) atoms. The van der Waals surface area contributed by atoms with Crippen LogP contribution in [-0.2, 0) is 19.6 Å². The van der Waals surface area contributed by atoms with Crippen LogP contribution in [0.4, 0.5) is 11.4 Å². The summed E-state index contributed by atoms with van der Waals surface area (Å²) in [5.41, 5.74) is 1.89. The summed E-state index contributed by atoms with van der Waals surface area (Å²) in [6.07, 6.45) is 0. The minimum Gasteiger partial charge on any atom is -0.493 e. The Labute approximate surface area is 221 Å². The Bertz CT molecular complexity index is 1420. The smallest absolute Gasteiger partial charge is 0.340 e. The molecule has 0 fully saturated rings. The van der Waals surface area contributed by atoms with Crippen molar-refractivity contribution in [3.63, 3.8) is 0 Å². The minimum atomic E-state index is -4.16. The van der Waals surface area contributed by atoms with Gasteiger partial charge in [-0.2, -0.15) is 0 Å². The third-order valence-electron chi connectivity index (χ3n) is 5.54. The molecule has 0 saturated carbocycles. The number of nitrogens with zero attached hydrogens (tertiary/aromatic N) is 1. The van der Waals surface area contributed by atoms with Gasteiger partial charge in [-0.25, -0.2) is 13.2 Å². The van der Waals surface area contributed by atoms with Crippen LogP contribution < -0.4 is 19.1 Å². The predicted octanol–water partition coefficient (Wildman–Crippen LogP) is 4.59. The second-order valence-electron chi connectivity index (χ2n) is 8.05. The zero-order chi connectivity index (χ0) is 27.3. The first-order chi connectivity index (χ1) is 17.5. The molecule has 3 rings (SSSR count). The highest BCUT2D eigenvalue weighted by Crippen LogP contribution is 2.34. The quantitative estimate of drug-likeness (QED) is 0.390. The molecular weight excluding hydrogens is 520 g/mol. The molecule has 1 N–H and O–H groups in total. The summed E-state index contributed by atoms with van der Waals surface area (Å²) in [6.45, 7) is 3.01. The molecule has 3 aromatic carbocycles. The summed E-state index contributed by atoms with van der Waals surface area (Å²) in [4.78, 5) is 25.6. The fraction of sp³-hybridized carbons (Fsp3) is 0.231. The molecule has 0 spiro atoms. The fourth-order valence-corrected chi connectivity index (χ4v) is 5.06. The number of aryl methyl sites for hydroxylation is 2. The number of ether oxygens (including phenoxy) is 3. The van der Waals surface area contributed by atoms with E-state index in [0.29, 0.717) is 5.02 Å². The second-order valence-corrected chi connectivity index (χ2v) is 10.3. The van der Waals surface area contributed by atoms with Crippen LogP contribution in [0.3, 0.4) is 0 Å². The van der Waals surface area contributed by atoms with Crippen molar-refractivity contribution in [1.82, 2.24) is 0 Å². The maximum atomic E-state index is 13.6. The number of benzene rings is 3. The zero-order valence-electron chi connectivity index (χ0n) is 21.0. The van der Waals surface area contributed by atoms with Crippen molar-refractivity contribution in [1.29, 1.82) is 0 Å². The van der Waals surface area contributed by atoms with Gasteiger partial charge in [-0.1, -0.05) is 35.4 Å². The van der Waals surface area contributed by atoms with Gasteiger partial charge >= 0.3 is 5.97 Å². The molecule has 0 aliphatic heterocycles. The van der Waals surface area contributed by atoms with Crippen molar-refractivity contribution in [2.75, 3.05) is 37.5 Å². The highest BCUT2D eigenvalue weighted by atomic mass is 35.5. The third kappa shape index (κ3) is 6.15. The van der Waals surface area contributed by atoms with E-state index in [0.717, 1.165) is 15.4 Å². The molecule has 1 amide bonds. The lowest BCUT2D eigenvalue weighted by atomic mass is 10.1. The van der Waals surface area contributed by atoms with Crippen LogP contribution in [-0.4, -0.2) is 48.2 Å². The fourth-order valence-electron chi connectivity index (χ4n) is 3.47. The zero-order valence-corrected chi connectivity index (χ0v) is 22.6. The largest absolute Gasteiger partial charge is 0.493 e. The van der Waals surface area contributed by atoms with Crippen LogP contribution in [0.15, 0.2) is 59.5 Å². The summed E-state index contributed by atoms with van der Waals surface area (Å²) in [7, 11) is -0.167. The summed E-state index contributed by atoms with van der Waals surface area (Å²) in [6, 6.07) is 13.7. The lowest BCUT2D eigenvalue weighted by Gasteiger charge is -2.25. The van der Waals surface area contributed by atoms with Gasteiger partial charge in [-0.3, -0.25) is 9.10 Å². The van der Waals surface area contributed by atoms with Crippen molar-refractivity contribution in [3.05, 3.63) is 76.3 Å². The highest BCUT2D eigenvalue weighted by molar-refractivity contribution is 7.92. The second kappa shape index (κ2) is 11.5. The van der Waals surface area contributed by atoms with Crippen molar-refractivity contribution in [2.24, 2.45) is 0 Å². The van der Waals surface area contributed by atoms with Gasteiger partial charge in [0.25, 0.3) is 10.0 Å². The summed E-state index contributed by atoms with van der Waals surface area (Å²) in [5, 5.41) is 2.94. The number of rotatable bonds is 9. The van der Waals surface area contributed by atoms with Gasteiger partial charge in [0.1, 0.15) is 6.54 Å². The Kier molecular flexibility index (Phi) is 8.67. The number of anilines is 2. The number of esters is 1. The van der Waals surface area contributed by atoms with Crippen LogP contribution >= 0.6 is 11.6 Å². The van der Waals surface area contributed by atoms with Crippen molar-refractivity contribution >= 4 is 44.9 Å². The molecular formula is C26H27ClN2O7S. The van der Waals surface area contributed by atoms with E-state index in [2.05, 4.69) is 5.32 Å². The number of hydrogen-bond acceptors (Lipinski definition) is 7. The molecule has 0 aliphatic carbocycles. The molecule has 0 radical (unpaired) electrons. The van der Waals surface area contributed by atoms with E-state index in [9.17, 15) is 18.0 Å². The van der Waals surface area contributed by atoms with Gasteiger partial charge in [-0.05, 0) is 43.7 Å². The SMILES string of the molecule is COC(=O)c1cc(OC)c(OC)cc1NC(=O)CN(c1ccc(C)c(Cl)c1)S(=O)(=O)c1ccc(C)cc1. The van der Waals surface area contributed by atoms with Crippen LogP contribution in [0.25, 0.3) is 0 Å². The molecule has 3 aromatic rings. The Balaban J connectivity index is 2.04. The molecule has 0 atom stereocenters. The Hall–Kier alpha value is -3.76. The van der Waals surface area contributed by atoms with E-state index in [1.807, 2.05) is 6.92 Å².